The van der Waals surface area contributed by atoms with Gasteiger partial charge in [-0.15, -0.1) is 0 Å². The van der Waals surface area contributed by atoms with Crippen LogP contribution in [-0.4, -0.2) is 5.25 Å². The second-order valence-electron chi connectivity index (χ2n) is 6.23. The van der Waals surface area contributed by atoms with Crippen molar-refractivity contribution >= 4 is 12.6 Å². The van der Waals surface area contributed by atoms with Crippen LogP contribution in [0.25, 0.3) is 0 Å². The second-order valence-corrected chi connectivity index (χ2v) is 7.12. The molecule has 1 rings (SSSR count). The van der Waals surface area contributed by atoms with Gasteiger partial charge in [-0.2, -0.15) is 12.6 Å². The molecule has 1 heteroatoms. The van der Waals surface area contributed by atoms with E-state index in [4.69, 9.17) is 0 Å². The Morgan fingerprint density at radius 3 is 2.19 bits per heavy atom. The molecule has 0 nitrogen and oxygen atoms in total. The summed E-state index contributed by atoms with van der Waals surface area (Å²) in [6.45, 7) is 7.03. The Morgan fingerprint density at radius 2 is 1.62 bits per heavy atom. The van der Waals surface area contributed by atoms with Gasteiger partial charge in [0.2, 0.25) is 0 Å². The summed E-state index contributed by atoms with van der Waals surface area (Å²) < 4.78 is 0. The molecule has 0 heterocycles. The third kappa shape index (κ3) is 6.18. The molecule has 0 spiro atoms. The number of rotatable bonds is 6. The smallest absolute Gasteiger partial charge is 0.00115 e. The average molecular weight is 242 g/mol. The molecule has 2 atom stereocenters. The van der Waals surface area contributed by atoms with Crippen LogP contribution in [0.3, 0.4) is 0 Å². The SMILES string of the molecule is CC(S)CCC(C)CCC1CCC(C)CC1. The predicted octanol–water partition coefficient (Wildman–Crippen LogP) is 5.33. The normalized spacial score (nSPS) is 30.0. The van der Waals surface area contributed by atoms with E-state index in [0.717, 1.165) is 17.8 Å². The van der Waals surface area contributed by atoms with Gasteiger partial charge >= 0.3 is 0 Å². The fourth-order valence-electron chi connectivity index (χ4n) is 2.81. The van der Waals surface area contributed by atoms with Gasteiger partial charge in [0, 0.05) is 0 Å². The van der Waals surface area contributed by atoms with E-state index in [0.29, 0.717) is 5.25 Å². The quantitative estimate of drug-likeness (QED) is 0.598. The number of hydrogen-bond acceptors (Lipinski definition) is 1. The van der Waals surface area contributed by atoms with E-state index < -0.39 is 0 Å². The minimum atomic E-state index is 0.581. The molecule has 0 aromatic rings. The molecule has 0 aromatic carbocycles. The van der Waals surface area contributed by atoms with Crippen molar-refractivity contribution in [2.75, 3.05) is 0 Å². The van der Waals surface area contributed by atoms with Crippen molar-refractivity contribution in [3.8, 4) is 0 Å². The highest BCUT2D eigenvalue weighted by Gasteiger charge is 2.18. The van der Waals surface area contributed by atoms with Gasteiger partial charge in [0.1, 0.15) is 0 Å². The first-order chi connectivity index (χ1) is 7.58. The molecular weight excluding hydrogens is 212 g/mol. The Hall–Kier alpha value is 0.350. The monoisotopic (exact) mass is 242 g/mol. The summed E-state index contributed by atoms with van der Waals surface area (Å²) in [4.78, 5) is 0. The molecule has 0 amide bonds. The molecule has 0 radical (unpaired) electrons. The average Bonchev–Trinajstić information content (AvgIpc) is 2.25. The summed E-state index contributed by atoms with van der Waals surface area (Å²) in [5.41, 5.74) is 0. The van der Waals surface area contributed by atoms with Crippen LogP contribution < -0.4 is 0 Å². The van der Waals surface area contributed by atoms with E-state index in [9.17, 15) is 0 Å². The third-order valence-electron chi connectivity index (χ3n) is 4.28. The van der Waals surface area contributed by atoms with Crippen LogP contribution >= 0.6 is 12.6 Å². The van der Waals surface area contributed by atoms with Crippen molar-refractivity contribution in [1.82, 2.24) is 0 Å². The standard InChI is InChI=1S/C15H30S/c1-12(4-8-14(3)16)5-9-15-10-6-13(2)7-11-15/h12-16H,4-11H2,1-3H3. The summed E-state index contributed by atoms with van der Waals surface area (Å²) in [7, 11) is 0. The fraction of sp³-hybridized carbons (Fsp3) is 1.00. The topological polar surface area (TPSA) is 0 Å². The van der Waals surface area contributed by atoms with Crippen molar-refractivity contribution in [2.45, 2.75) is 77.4 Å². The Balaban J connectivity index is 2.05. The molecule has 2 unspecified atom stereocenters. The van der Waals surface area contributed by atoms with Crippen molar-refractivity contribution in [3.05, 3.63) is 0 Å². The van der Waals surface area contributed by atoms with E-state index in [1.54, 1.807) is 0 Å². The summed E-state index contributed by atoms with van der Waals surface area (Å²) in [6, 6.07) is 0. The summed E-state index contributed by atoms with van der Waals surface area (Å²) in [5, 5.41) is 0.581. The first kappa shape index (κ1) is 14.4. The van der Waals surface area contributed by atoms with Crippen molar-refractivity contribution in [1.29, 1.82) is 0 Å². The van der Waals surface area contributed by atoms with Gasteiger partial charge in [0.05, 0.1) is 0 Å². The highest BCUT2D eigenvalue weighted by molar-refractivity contribution is 7.80. The molecular formula is C15H30S. The molecule has 0 aromatic heterocycles. The van der Waals surface area contributed by atoms with E-state index in [-0.39, 0.29) is 0 Å². The maximum absolute atomic E-state index is 4.45. The third-order valence-corrected chi connectivity index (χ3v) is 4.54. The zero-order valence-electron chi connectivity index (χ0n) is 11.4. The molecule has 0 N–H and O–H groups in total. The fourth-order valence-corrected chi connectivity index (χ4v) is 2.96. The summed E-state index contributed by atoms with van der Waals surface area (Å²) >= 11 is 4.45. The van der Waals surface area contributed by atoms with Crippen LogP contribution in [0.5, 0.6) is 0 Å². The minimum absolute atomic E-state index is 0.581. The van der Waals surface area contributed by atoms with Crippen LogP contribution in [0.1, 0.15) is 72.1 Å². The van der Waals surface area contributed by atoms with Crippen LogP contribution in [0.2, 0.25) is 0 Å². The van der Waals surface area contributed by atoms with Gasteiger partial charge in [-0.25, -0.2) is 0 Å². The van der Waals surface area contributed by atoms with Gasteiger partial charge < -0.3 is 0 Å². The Kier molecular flexibility index (Phi) is 6.87. The lowest BCUT2D eigenvalue weighted by atomic mass is 9.79. The maximum atomic E-state index is 4.45. The molecule has 1 aliphatic carbocycles. The van der Waals surface area contributed by atoms with E-state index in [2.05, 4.69) is 33.4 Å². The first-order valence-electron chi connectivity index (χ1n) is 7.26. The summed E-state index contributed by atoms with van der Waals surface area (Å²) in [6.07, 6.45) is 11.5. The minimum Gasteiger partial charge on any atom is -0.176 e. The van der Waals surface area contributed by atoms with E-state index in [1.165, 1.54) is 51.4 Å². The van der Waals surface area contributed by atoms with Gasteiger partial charge in [0.15, 0.2) is 0 Å². The molecule has 16 heavy (non-hydrogen) atoms. The van der Waals surface area contributed by atoms with Gasteiger partial charge in [-0.3, -0.25) is 0 Å². The first-order valence-corrected chi connectivity index (χ1v) is 7.77. The van der Waals surface area contributed by atoms with Crippen LogP contribution in [0.15, 0.2) is 0 Å². The Bertz CT molecular complexity index is 168. The van der Waals surface area contributed by atoms with E-state index in [1.807, 2.05) is 0 Å². The predicted molar refractivity (Wildman–Crippen MR) is 77.2 cm³/mol. The zero-order chi connectivity index (χ0) is 12.0. The molecule has 96 valence electrons. The Morgan fingerprint density at radius 1 is 1.00 bits per heavy atom. The Labute approximate surface area is 108 Å². The molecule has 0 saturated heterocycles. The van der Waals surface area contributed by atoms with Gasteiger partial charge in [-0.1, -0.05) is 59.3 Å². The van der Waals surface area contributed by atoms with E-state index >= 15 is 0 Å². The molecule has 1 aliphatic rings. The molecule has 1 fully saturated rings. The second kappa shape index (κ2) is 7.63. The highest BCUT2D eigenvalue weighted by Crippen LogP contribution is 2.32. The van der Waals surface area contributed by atoms with Crippen LogP contribution in [-0.2, 0) is 0 Å². The maximum Gasteiger partial charge on any atom is -0.00115 e. The van der Waals surface area contributed by atoms with Gasteiger partial charge in [-0.05, 0) is 35.8 Å². The molecule has 0 aliphatic heterocycles. The largest absolute Gasteiger partial charge is 0.176 e. The lowest BCUT2D eigenvalue weighted by molar-refractivity contribution is 0.260. The number of hydrogen-bond donors (Lipinski definition) is 1. The number of thiol groups is 1. The highest BCUT2D eigenvalue weighted by atomic mass is 32.1. The zero-order valence-corrected chi connectivity index (χ0v) is 12.3. The summed E-state index contributed by atoms with van der Waals surface area (Å²) in [5.74, 6) is 2.96. The lowest BCUT2D eigenvalue weighted by Crippen LogP contribution is -2.13. The van der Waals surface area contributed by atoms with Crippen molar-refractivity contribution < 1.29 is 0 Å². The van der Waals surface area contributed by atoms with Crippen LogP contribution in [0, 0.1) is 17.8 Å². The van der Waals surface area contributed by atoms with Gasteiger partial charge in [0.25, 0.3) is 0 Å². The molecule has 0 bridgehead atoms. The van der Waals surface area contributed by atoms with Crippen molar-refractivity contribution in [3.63, 3.8) is 0 Å². The lowest BCUT2D eigenvalue weighted by Gasteiger charge is -2.27. The van der Waals surface area contributed by atoms with Crippen molar-refractivity contribution in [2.24, 2.45) is 17.8 Å². The molecule has 1 saturated carbocycles. The van der Waals surface area contributed by atoms with Crippen LogP contribution in [0.4, 0.5) is 0 Å².